The molecule has 1 unspecified atom stereocenters. The van der Waals surface area contributed by atoms with Gasteiger partial charge in [0.05, 0.1) is 6.61 Å². The predicted octanol–water partition coefficient (Wildman–Crippen LogP) is 3.06. The van der Waals surface area contributed by atoms with Crippen molar-refractivity contribution >= 4 is 0 Å². The Hall–Kier alpha value is -1.91. The first-order valence-electron chi connectivity index (χ1n) is 8.94. The molecule has 2 heterocycles. The first-order valence-corrected chi connectivity index (χ1v) is 8.94. The number of nitrogens with one attached hydrogen (secondary N) is 1. The van der Waals surface area contributed by atoms with E-state index in [1.165, 1.54) is 12.0 Å². The van der Waals surface area contributed by atoms with Crippen molar-refractivity contribution in [3.8, 4) is 5.75 Å². The zero-order valence-electron chi connectivity index (χ0n) is 14.4. The lowest BCUT2D eigenvalue weighted by molar-refractivity contribution is 0.207. The van der Waals surface area contributed by atoms with E-state index in [1.54, 1.807) is 0 Å². The third kappa shape index (κ3) is 4.56. The molecule has 0 spiro atoms. The minimum atomic E-state index is 0.334. The van der Waals surface area contributed by atoms with Crippen molar-refractivity contribution in [3.05, 3.63) is 59.9 Å². The third-order valence-corrected chi connectivity index (χ3v) is 4.50. The van der Waals surface area contributed by atoms with Gasteiger partial charge < -0.3 is 10.1 Å². The summed E-state index contributed by atoms with van der Waals surface area (Å²) in [7, 11) is 0. The number of aromatic nitrogens is 1. The normalized spacial score (nSPS) is 17.2. The highest BCUT2D eigenvalue weighted by Gasteiger charge is 2.22. The lowest BCUT2D eigenvalue weighted by Gasteiger charge is -2.31. The molecule has 24 heavy (non-hydrogen) atoms. The van der Waals surface area contributed by atoms with Crippen LogP contribution in [0.15, 0.2) is 48.7 Å². The number of hydrogen-bond donors (Lipinski definition) is 1. The van der Waals surface area contributed by atoms with Gasteiger partial charge in [-0.1, -0.05) is 18.2 Å². The molecule has 0 aliphatic carbocycles. The van der Waals surface area contributed by atoms with Crippen LogP contribution in [0.4, 0.5) is 0 Å². The van der Waals surface area contributed by atoms with Crippen molar-refractivity contribution in [1.82, 2.24) is 15.2 Å². The van der Waals surface area contributed by atoms with E-state index in [-0.39, 0.29) is 0 Å². The van der Waals surface area contributed by atoms with Gasteiger partial charge in [0.15, 0.2) is 0 Å². The van der Waals surface area contributed by atoms with Crippen LogP contribution in [0.25, 0.3) is 0 Å². The first-order chi connectivity index (χ1) is 11.9. The van der Waals surface area contributed by atoms with Crippen molar-refractivity contribution in [2.24, 2.45) is 0 Å². The Labute approximate surface area is 144 Å². The molecule has 1 aliphatic heterocycles. The third-order valence-electron chi connectivity index (χ3n) is 4.50. The summed E-state index contributed by atoms with van der Waals surface area (Å²) in [6.45, 7) is 7.05. The van der Waals surface area contributed by atoms with Crippen LogP contribution in [0.5, 0.6) is 5.75 Å². The molecule has 1 fully saturated rings. The second kappa shape index (κ2) is 8.81. The van der Waals surface area contributed by atoms with E-state index in [0.717, 1.165) is 44.0 Å². The number of nitrogens with zero attached hydrogens (tertiary/aromatic N) is 2. The maximum absolute atomic E-state index is 5.71. The van der Waals surface area contributed by atoms with E-state index >= 15 is 0 Å². The van der Waals surface area contributed by atoms with Crippen LogP contribution in [0.1, 0.15) is 30.6 Å². The molecule has 2 aromatic rings. The smallest absolute Gasteiger partial charge is 0.119 e. The van der Waals surface area contributed by atoms with Gasteiger partial charge in [0.2, 0.25) is 0 Å². The van der Waals surface area contributed by atoms with Crippen molar-refractivity contribution in [2.75, 3.05) is 32.8 Å². The summed E-state index contributed by atoms with van der Waals surface area (Å²) < 4.78 is 5.71. The van der Waals surface area contributed by atoms with E-state index in [4.69, 9.17) is 4.74 Å². The molecule has 4 nitrogen and oxygen atoms in total. The molecule has 1 N–H and O–H groups in total. The van der Waals surface area contributed by atoms with Crippen LogP contribution in [-0.4, -0.2) is 42.7 Å². The van der Waals surface area contributed by atoms with Gasteiger partial charge in [-0.3, -0.25) is 9.88 Å². The Morgan fingerprint density at radius 3 is 2.96 bits per heavy atom. The number of hydrogen-bond acceptors (Lipinski definition) is 4. The highest BCUT2D eigenvalue weighted by atomic mass is 16.5. The Morgan fingerprint density at radius 1 is 1.17 bits per heavy atom. The lowest BCUT2D eigenvalue weighted by atomic mass is 9.99. The molecule has 1 aliphatic rings. The highest BCUT2D eigenvalue weighted by molar-refractivity contribution is 5.31. The fourth-order valence-corrected chi connectivity index (χ4v) is 3.33. The Balaban J connectivity index is 1.86. The summed E-state index contributed by atoms with van der Waals surface area (Å²) in [6.07, 6.45) is 3.99. The van der Waals surface area contributed by atoms with Crippen molar-refractivity contribution in [3.63, 3.8) is 0 Å². The summed E-state index contributed by atoms with van der Waals surface area (Å²) in [5, 5.41) is 3.50. The molecular weight excluding hydrogens is 298 g/mol. The largest absolute Gasteiger partial charge is 0.494 e. The molecule has 1 saturated heterocycles. The van der Waals surface area contributed by atoms with Gasteiger partial charge >= 0.3 is 0 Å². The molecule has 0 amide bonds. The van der Waals surface area contributed by atoms with E-state index in [0.29, 0.717) is 12.6 Å². The predicted molar refractivity (Wildman–Crippen MR) is 97.4 cm³/mol. The van der Waals surface area contributed by atoms with E-state index in [1.807, 2.05) is 25.3 Å². The van der Waals surface area contributed by atoms with Gasteiger partial charge in [-0.25, -0.2) is 0 Å². The van der Waals surface area contributed by atoms with E-state index in [2.05, 4.69) is 45.5 Å². The minimum Gasteiger partial charge on any atom is -0.494 e. The molecule has 3 rings (SSSR count). The molecule has 0 radical (unpaired) electrons. The zero-order chi connectivity index (χ0) is 16.6. The van der Waals surface area contributed by atoms with Crippen LogP contribution in [-0.2, 0) is 6.42 Å². The maximum Gasteiger partial charge on any atom is 0.119 e. The fourth-order valence-electron chi connectivity index (χ4n) is 3.33. The average Bonchev–Trinajstić information content (AvgIpc) is 2.90. The van der Waals surface area contributed by atoms with Gasteiger partial charge in [-0.05, 0) is 49.7 Å². The molecule has 1 aromatic heterocycles. The number of pyridine rings is 1. The summed E-state index contributed by atoms with van der Waals surface area (Å²) in [5.41, 5.74) is 2.45. The Morgan fingerprint density at radius 2 is 2.12 bits per heavy atom. The van der Waals surface area contributed by atoms with Gasteiger partial charge in [0.25, 0.3) is 0 Å². The highest BCUT2D eigenvalue weighted by Crippen LogP contribution is 2.28. The molecule has 4 heteroatoms. The van der Waals surface area contributed by atoms with Crippen LogP contribution in [0, 0.1) is 0 Å². The van der Waals surface area contributed by atoms with E-state index in [9.17, 15) is 0 Å². The van der Waals surface area contributed by atoms with E-state index < -0.39 is 0 Å². The second-order valence-electron chi connectivity index (χ2n) is 6.19. The van der Waals surface area contributed by atoms with Gasteiger partial charge in [-0.2, -0.15) is 0 Å². The lowest BCUT2D eigenvalue weighted by Crippen LogP contribution is -2.33. The maximum atomic E-state index is 5.71. The number of benzene rings is 1. The second-order valence-corrected chi connectivity index (χ2v) is 6.19. The molecule has 0 saturated carbocycles. The summed E-state index contributed by atoms with van der Waals surface area (Å²) in [5.74, 6) is 0.953. The standard InChI is InChI=1S/C20H27N3O/c1-2-24-19-9-5-7-17(15-19)20(16-18-8-3-4-11-22-18)23-13-6-10-21-12-14-23/h3-5,7-9,11,15,20-21H,2,6,10,12-14,16H2,1H3. The van der Waals surface area contributed by atoms with Crippen molar-refractivity contribution in [2.45, 2.75) is 25.8 Å². The monoisotopic (exact) mass is 325 g/mol. The van der Waals surface area contributed by atoms with Crippen molar-refractivity contribution in [1.29, 1.82) is 0 Å². The zero-order valence-corrected chi connectivity index (χ0v) is 14.4. The summed E-state index contributed by atoms with van der Waals surface area (Å²) in [6, 6.07) is 15.0. The Kier molecular flexibility index (Phi) is 6.21. The minimum absolute atomic E-state index is 0.334. The Bertz CT molecular complexity index is 609. The van der Waals surface area contributed by atoms with Crippen LogP contribution < -0.4 is 10.1 Å². The van der Waals surface area contributed by atoms with Gasteiger partial charge in [0.1, 0.15) is 5.75 Å². The fraction of sp³-hybridized carbons (Fsp3) is 0.450. The summed E-state index contributed by atoms with van der Waals surface area (Å²) >= 11 is 0. The molecule has 1 aromatic carbocycles. The van der Waals surface area contributed by atoms with Crippen LogP contribution >= 0.6 is 0 Å². The molecule has 128 valence electrons. The first kappa shape index (κ1) is 16.9. The van der Waals surface area contributed by atoms with Gasteiger partial charge in [0, 0.05) is 44.0 Å². The van der Waals surface area contributed by atoms with Crippen LogP contribution in [0.2, 0.25) is 0 Å². The molecule has 1 atom stereocenters. The number of ether oxygens (including phenoxy) is 1. The quantitative estimate of drug-likeness (QED) is 0.886. The van der Waals surface area contributed by atoms with Crippen LogP contribution in [0.3, 0.4) is 0 Å². The SMILES string of the molecule is CCOc1cccc(C(Cc2ccccn2)N2CCCNCC2)c1. The molecular formula is C20H27N3O. The number of rotatable bonds is 6. The topological polar surface area (TPSA) is 37.4 Å². The average molecular weight is 325 g/mol. The van der Waals surface area contributed by atoms with Crippen molar-refractivity contribution < 1.29 is 4.74 Å². The molecule has 0 bridgehead atoms. The van der Waals surface area contributed by atoms with Gasteiger partial charge in [-0.15, -0.1) is 0 Å². The summed E-state index contributed by atoms with van der Waals surface area (Å²) in [4.78, 5) is 7.13.